The highest BCUT2D eigenvalue weighted by Gasteiger charge is 2.20. The van der Waals surface area contributed by atoms with Crippen LogP contribution in [0.1, 0.15) is 30.0 Å². The number of likely N-dealkylation sites (tertiary alicyclic amines) is 1. The van der Waals surface area contributed by atoms with Crippen molar-refractivity contribution in [2.24, 2.45) is 10.9 Å². The minimum atomic E-state index is 0. The molecule has 1 aliphatic rings. The first kappa shape index (κ1) is 25.5. The molecule has 1 saturated heterocycles. The van der Waals surface area contributed by atoms with Crippen LogP contribution in [0.3, 0.4) is 0 Å². The van der Waals surface area contributed by atoms with Crippen LogP contribution in [-0.4, -0.2) is 76.0 Å². The van der Waals surface area contributed by atoms with Crippen molar-refractivity contribution in [2.45, 2.75) is 32.7 Å². The van der Waals surface area contributed by atoms with Gasteiger partial charge in [0.05, 0.1) is 23.9 Å². The average Bonchev–Trinajstić information content (AvgIpc) is 3.09. The van der Waals surface area contributed by atoms with E-state index in [2.05, 4.69) is 37.8 Å². The number of aliphatic imine (C=N–C) groups is 1. The van der Waals surface area contributed by atoms with Crippen molar-refractivity contribution in [2.75, 3.05) is 60.2 Å². The first-order valence-corrected chi connectivity index (χ1v) is 10.7. The van der Waals surface area contributed by atoms with Gasteiger partial charge in [-0.3, -0.25) is 9.89 Å². The van der Waals surface area contributed by atoms with E-state index in [1.807, 2.05) is 7.05 Å². The molecule has 28 heavy (non-hydrogen) atoms. The van der Waals surface area contributed by atoms with Gasteiger partial charge < -0.3 is 20.1 Å². The zero-order valence-corrected chi connectivity index (χ0v) is 20.6. The lowest BCUT2D eigenvalue weighted by Crippen LogP contribution is -2.43. The van der Waals surface area contributed by atoms with Crippen LogP contribution in [0.15, 0.2) is 10.4 Å². The van der Waals surface area contributed by atoms with E-state index in [4.69, 9.17) is 9.47 Å². The molecular weight excluding hydrogens is 489 g/mol. The van der Waals surface area contributed by atoms with Crippen LogP contribution in [0.5, 0.6) is 0 Å². The minimum absolute atomic E-state index is 0. The van der Waals surface area contributed by atoms with Crippen molar-refractivity contribution in [3.05, 3.63) is 16.1 Å². The highest BCUT2D eigenvalue weighted by Crippen LogP contribution is 2.19. The number of piperidine rings is 1. The lowest BCUT2D eigenvalue weighted by atomic mass is 9.97. The lowest BCUT2D eigenvalue weighted by Gasteiger charge is -2.31. The predicted octanol–water partition coefficient (Wildman–Crippen LogP) is 2.50. The minimum Gasteiger partial charge on any atom is -0.382 e. The number of halogens is 1. The van der Waals surface area contributed by atoms with Gasteiger partial charge in [0, 0.05) is 45.8 Å². The van der Waals surface area contributed by atoms with Crippen LogP contribution in [0.2, 0.25) is 0 Å². The summed E-state index contributed by atoms with van der Waals surface area (Å²) in [7, 11) is 3.51. The molecule has 0 bridgehead atoms. The summed E-state index contributed by atoms with van der Waals surface area (Å²) in [5.74, 6) is 1.58. The normalized spacial score (nSPS) is 16.0. The number of aryl methyl sites for hydroxylation is 1. The van der Waals surface area contributed by atoms with Crippen molar-refractivity contribution >= 4 is 41.3 Å². The Kier molecular flexibility index (Phi) is 14.0. The molecule has 0 amide bonds. The van der Waals surface area contributed by atoms with E-state index in [1.54, 1.807) is 18.4 Å². The molecule has 1 aromatic heterocycles. The number of methoxy groups -OCH3 is 1. The zero-order valence-electron chi connectivity index (χ0n) is 17.4. The molecule has 0 atom stereocenters. The Hall–Kier alpha value is -0.490. The van der Waals surface area contributed by atoms with E-state index in [0.717, 1.165) is 56.7 Å². The summed E-state index contributed by atoms with van der Waals surface area (Å²) in [5, 5.41) is 10.2. The van der Waals surface area contributed by atoms with Crippen molar-refractivity contribution in [1.82, 2.24) is 20.5 Å². The number of hydrogen-bond donors (Lipinski definition) is 2. The van der Waals surface area contributed by atoms with Gasteiger partial charge in [0.1, 0.15) is 0 Å². The van der Waals surface area contributed by atoms with Crippen molar-refractivity contribution in [1.29, 1.82) is 0 Å². The molecule has 2 heterocycles. The summed E-state index contributed by atoms with van der Waals surface area (Å²) in [4.78, 5) is 11.4. The van der Waals surface area contributed by atoms with Gasteiger partial charge in [-0.05, 0) is 45.2 Å². The maximum Gasteiger partial charge on any atom is 0.190 e. The van der Waals surface area contributed by atoms with E-state index < -0.39 is 0 Å². The maximum atomic E-state index is 5.46. The molecule has 0 unspecified atom stereocenters. The van der Waals surface area contributed by atoms with Crippen LogP contribution in [-0.2, 0) is 16.0 Å². The quantitative estimate of drug-likeness (QED) is 0.200. The van der Waals surface area contributed by atoms with Crippen LogP contribution in [0.4, 0.5) is 0 Å². The summed E-state index contributed by atoms with van der Waals surface area (Å²) in [6.07, 6.45) is 3.40. The van der Waals surface area contributed by atoms with Crippen LogP contribution < -0.4 is 10.6 Å². The fraction of sp³-hybridized carbons (Fsp3) is 0.789. The number of hydrogen-bond acceptors (Lipinski definition) is 6. The number of ether oxygens (including phenoxy) is 2. The molecule has 0 aliphatic carbocycles. The average molecular weight is 526 g/mol. The fourth-order valence-electron chi connectivity index (χ4n) is 3.15. The molecule has 1 aliphatic heterocycles. The van der Waals surface area contributed by atoms with Crippen LogP contribution in [0, 0.1) is 12.8 Å². The molecule has 2 N–H and O–H groups in total. The SMILES string of the molecule is CN=C(NCCCOCCOC)NCC1CCN(Cc2csc(C)n2)CC1.I. The van der Waals surface area contributed by atoms with Crippen LogP contribution in [0.25, 0.3) is 0 Å². The molecule has 2 rings (SSSR count). The summed E-state index contributed by atoms with van der Waals surface area (Å²) >= 11 is 1.74. The monoisotopic (exact) mass is 525 g/mol. The molecule has 9 heteroatoms. The Morgan fingerprint density at radius 1 is 1.29 bits per heavy atom. The zero-order chi connectivity index (χ0) is 19.3. The number of rotatable bonds is 11. The second-order valence-electron chi connectivity index (χ2n) is 6.92. The van der Waals surface area contributed by atoms with Gasteiger partial charge in [0.2, 0.25) is 0 Å². The maximum absolute atomic E-state index is 5.46. The third-order valence-corrected chi connectivity index (χ3v) is 5.55. The van der Waals surface area contributed by atoms with E-state index in [1.165, 1.54) is 18.5 Å². The fourth-order valence-corrected chi connectivity index (χ4v) is 3.75. The molecule has 0 aromatic carbocycles. The summed E-state index contributed by atoms with van der Waals surface area (Å²) in [6.45, 7) is 9.24. The number of aromatic nitrogens is 1. The van der Waals surface area contributed by atoms with Crippen LogP contribution >= 0.6 is 35.3 Å². The van der Waals surface area contributed by atoms with Crippen molar-refractivity contribution in [3.8, 4) is 0 Å². The van der Waals surface area contributed by atoms with Gasteiger partial charge >= 0.3 is 0 Å². The Bertz CT molecular complexity index is 550. The van der Waals surface area contributed by atoms with Gasteiger partial charge in [0.15, 0.2) is 5.96 Å². The van der Waals surface area contributed by atoms with Gasteiger partial charge in [-0.1, -0.05) is 0 Å². The molecule has 7 nitrogen and oxygen atoms in total. The lowest BCUT2D eigenvalue weighted by molar-refractivity contribution is 0.0698. The molecule has 0 spiro atoms. The molecule has 1 aromatic rings. The number of guanidine groups is 1. The molecular formula is C19H36IN5O2S. The van der Waals surface area contributed by atoms with E-state index in [-0.39, 0.29) is 24.0 Å². The second kappa shape index (κ2) is 15.4. The van der Waals surface area contributed by atoms with Crippen molar-refractivity contribution in [3.63, 3.8) is 0 Å². The third-order valence-electron chi connectivity index (χ3n) is 4.73. The molecule has 0 saturated carbocycles. The van der Waals surface area contributed by atoms with Gasteiger partial charge in [-0.15, -0.1) is 35.3 Å². The number of thiazole rings is 1. The highest BCUT2D eigenvalue weighted by atomic mass is 127. The summed E-state index contributed by atoms with van der Waals surface area (Å²) in [6, 6.07) is 0. The smallest absolute Gasteiger partial charge is 0.190 e. The van der Waals surface area contributed by atoms with E-state index in [9.17, 15) is 0 Å². The van der Waals surface area contributed by atoms with Gasteiger partial charge in [-0.25, -0.2) is 4.98 Å². The highest BCUT2D eigenvalue weighted by molar-refractivity contribution is 14.0. The molecule has 162 valence electrons. The van der Waals surface area contributed by atoms with Gasteiger partial charge in [0.25, 0.3) is 0 Å². The second-order valence-corrected chi connectivity index (χ2v) is 7.98. The van der Waals surface area contributed by atoms with E-state index >= 15 is 0 Å². The number of nitrogens with zero attached hydrogens (tertiary/aromatic N) is 3. The van der Waals surface area contributed by atoms with E-state index in [0.29, 0.717) is 19.1 Å². The third kappa shape index (κ3) is 10.3. The predicted molar refractivity (Wildman–Crippen MR) is 127 cm³/mol. The number of nitrogens with one attached hydrogen (secondary N) is 2. The van der Waals surface area contributed by atoms with Crippen molar-refractivity contribution < 1.29 is 9.47 Å². The Balaban J connectivity index is 0.00000392. The van der Waals surface area contributed by atoms with Gasteiger partial charge in [-0.2, -0.15) is 0 Å². The summed E-state index contributed by atoms with van der Waals surface area (Å²) < 4.78 is 10.4. The molecule has 0 radical (unpaired) electrons. The largest absolute Gasteiger partial charge is 0.382 e. The Labute approximate surface area is 190 Å². The Morgan fingerprint density at radius 2 is 2.07 bits per heavy atom. The molecule has 1 fully saturated rings. The Morgan fingerprint density at radius 3 is 2.71 bits per heavy atom. The topological polar surface area (TPSA) is 71.0 Å². The first-order chi connectivity index (χ1) is 13.2. The summed E-state index contributed by atoms with van der Waals surface area (Å²) in [5.41, 5.74) is 1.21. The first-order valence-electron chi connectivity index (χ1n) is 9.85. The standard InChI is InChI=1S/C19H35N5O2S.HI/c1-16-23-18(15-27-16)14-24-8-5-17(6-9-24)13-22-19(20-2)21-7-4-10-26-12-11-25-3;/h15,17H,4-14H2,1-3H3,(H2,20,21,22);1H.